The van der Waals surface area contributed by atoms with Crippen LogP contribution >= 0.6 is 0 Å². The molecule has 4 rings (SSSR count). The van der Waals surface area contributed by atoms with E-state index in [1.54, 1.807) is 0 Å². The lowest BCUT2D eigenvalue weighted by Crippen LogP contribution is -2.18. The molecule has 2 atom stereocenters. The zero-order chi connectivity index (χ0) is 21.9. The molecule has 1 aromatic carbocycles. The molecule has 0 radical (unpaired) electrons. The Morgan fingerprint density at radius 1 is 0.903 bits per heavy atom. The van der Waals surface area contributed by atoms with Crippen molar-refractivity contribution in [1.29, 1.82) is 0 Å². The van der Waals surface area contributed by atoms with E-state index in [0.717, 1.165) is 24.8 Å². The molecule has 3 aliphatic rings. The van der Waals surface area contributed by atoms with Crippen LogP contribution in [0.4, 0.5) is 0 Å². The maximum Gasteiger partial charge on any atom is 0.306 e. The fourth-order valence-electron chi connectivity index (χ4n) is 5.39. The average molecular weight is 428 g/mol. The van der Waals surface area contributed by atoms with Gasteiger partial charge in [0, 0.05) is 6.42 Å². The monoisotopic (exact) mass is 427 g/mol. The van der Waals surface area contributed by atoms with Gasteiger partial charge in [-0.25, -0.2) is 0 Å². The molecule has 0 amide bonds. The number of carbonyl (C=O) groups excluding carboxylic acids is 1. The van der Waals surface area contributed by atoms with Gasteiger partial charge in [-0.2, -0.15) is 0 Å². The van der Waals surface area contributed by atoms with E-state index in [1.165, 1.54) is 88.2 Å². The highest BCUT2D eigenvalue weighted by atomic mass is 16.5. The van der Waals surface area contributed by atoms with Gasteiger partial charge in [-0.05, 0) is 93.2 Å². The minimum absolute atomic E-state index is 0.0198. The molecule has 3 fully saturated rings. The number of hydrogen-bond donors (Lipinski definition) is 1. The zero-order valence-electron chi connectivity index (χ0n) is 19.8. The van der Waals surface area contributed by atoms with Crippen LogP contribution in [0.5, 0.6) is 0 Å². The van der Waals surface area contributed by atoms with Crippen LogP contribution in [0.25, 0.3) is 0 Å². The van der Waals surface area contributed by atoms with E-state index in [0.29, 0.717) is 24.9 Å². The van der Waals surface area contributed by atoms with Gasteiger partial charge in [0.1, 0.15) is 0 Å². The Balaban J connectivity index is 0.000000287. The molecule has 0 aromatic heterocycles. The summed E-state index contributed by atoms with van der Waals surface area (Å²) in [6.07, 6.45) is 18.0. The average Bonchev–Trinajstić information content (AvgIpc) is 3.64. The Kier molecular flexibility index (Phi) is 10.4. The highest BCUT2D eigenvalue weighted by molar-refractivity contribution is 5.69. The van der Waals surface area contributed by atoms with Crippen LogP contribution in [-0.4, -0.2) is 19.1 Å². The number of esters is 1. The molecular formula is C28H45NO2. The molecule has 0 bridgehead atoms. The molecule has 0 heterocycles. The Hall–Kier alpha value is -1.35. The highest BCUT2D eigenvalue weighted by Crippen LogP contribution is 2.38. The predicted molar refractivity (Wildman–Crippen MR) is 129 cm³/mol. The lowest BCUT2D eigenvalue weighted by atomic mass is 9.76. The molecule has 1 aromatic rings. The first kappa shape index (κ1) is 24.3. The van der Waals surface area contributed by atoms with E-state index < -0.39 is 0 Å². The molecule has 2 N–H and O–H groups in total. The predicted octanol–water partition coefficient (Wildman–Crippen LogP) is 6.78. The van der Waals surface area contributed by atoms with Gasteiger partial charge in [-0.3, -0.25) is 4.79 Å². The summed E-state index contributed by atoms with van der Waals surface area (Å²) < 4.78 is 5.11. The summed E-state index contributed by atoms with van der Waals surface area (Å²) in [5, 5.41) is 0. The van der Waals surface area contributed by atoms with E-state index >= 15 is 0 Å². The van der Waals surface area contributed by atoms with Crippen molar-refractivity contribution in [3.63, 3.8) is 0 Å². The third-order valence-electron chi connectivity index (χ3n) is 7.59. The Bertz CT molecular complexity index is 631. The van der Waals surface area contributed by atoms with E-state index in [2.05, 4.69) is 24.3 Å². The summed E-state index contributed by atoms with van der Waals surface area (Å²) in [6.45, 7) is 3.30. The van der Waals surface area contributed by atoms with Crippen molar-refractivity contribution in [2.45, 2.75) is 103 Å². The van der Waals surface area contributed by atoms with Crippen LogP contribution in [0, 0.1) is 17.8 Å². The van der Waals surface area contributed by atoms with E-state index in [1.807, 2.05) is 6.92 Å². The topological polar surface area (TPSA) is 52.3 Å². The number of aryl methyl sites for hydroxylation is 1. The maximum atomic E-state index is 11.7. The summed E-state index contributed by atoms with van der Waals surface area (Å²) in [5.74, 6) is 2.98. The summed E-state index contributed by atoms with van der Waals surface area (Å²) in [5.41, 5.74) is 8.46. The minimum Gasteiger partial charge on any atom is -0.466 e. The van der Waals surface area contributed by atoms with Crippen LogP contribution in [-0.2, 0) is 16.0 Å². The molecule has 3 heteroatoms. The molecule has 0 saturated heterocycles. The largest absolute Gasteiger partial charge is 0.466 e. The summed E-state index contributed by atoms with van der Waals surface area (Å²) >= 11 is 0. The fraction of sp³-hybridized carbons (Fsp3) is 0.750. The Morgan fingerprint density at radius 2 is 1.61 bits per heavy atom. The second kappa shape index (κ2) is 13.3. The number of nitrogens with two attached hydrogens (primary N) is 1. The van der Waals surface area contributed by atoms with Crippen LogP contribution in [0.15, 0.2) is 24.3 Å². The van der Waals surface area contributed by atoms with Gasteiger partial charge in [0.25, 0.3) is 0 Å². The Morgan fingerprint density at radius 3 is 2.23 bits per heavy atom. The molecule has 3 saturated carbocycles. The minimum atomic E-state index is -0.0198. The van der Waals surface area contributed by atoms with Crippen molar-refractivity contribution in [2.24, 2.45) is 23.5 Å². The van der Waals surface area contributed by atoms with E-state index in [4.69, 9.17) is 10.5 Å². The molecule has 3 aliphatic carbocycles. The summed E-state index contributed by atoms with van der Waals surface area (Å²) in [7, 11) is 0. The van der Waals surface area contributed by atoms with Gasteiger partial charge >= 0.3 is 5.97 Å². The van der Waals surface area contributed by atoms with E-state index in [-0.39, 0.29) is 5.97 Å². The smallest absolute Gasteiger partial charge is 0.306 e. The molecular weight excluding hydrogens is 382 g/mol. The van der Waals surface area contributed by atoms with Gasteiger partial charge in [-0.15, -0.1) is 0 Å². The van der Waals surface area contributed by atoms with Gasteiger partial charge in [0.15, 0.2) is 0 Å². The zero-order valence-corrected chi connectivity index (χ0v) is 19.8. The normalized spacial score (nSPS) is 24.2. The Labute approximate surface area is 190 Å². The summed E-state index contributed by atoms with van der Waals surface area (Å²) in [6, 6.07) is 9.32. The van der Waals surface area contributed by atoms with Crippen LogP contribution in [0.1, 0.15) is 107 Å². The number of hydrogen-bond acceptors (Lipinski definition) is 3. The number of benzene rings is 1. The first-order valence-electron chi connectivity index (χ1n) is 13.1. The maximum absolute atomic E-state index is 11.7. The lowest BCUT2D eigenvalue weighted by Gasteiger charge is -2.29. The number of ether oxygens (including phenoxy) is 1. The second-order valence-corrected chi connectivity index (χ2v) is 10.2. The van der Waals surface area contributed by atoms with Crippen molar-refractivity contribution in [3.05, 3.63) is 35.4 Å². The number of carbonyl (C=O) groups is 1. The van der Waals surface area contributed by atoms with Crippen molar-refractivity contribution in [2.75, 3.05) is 13.2 Å². The van der Waals surface area contributed by atoms with Crippen molar-refractivity contribution in [3.8, 4) is 0 Å². The van der Waals surface area contributed by atoms with Crippen LogP contribution in [0.2, 0.25) is 0 Å². The second-order valence-electron chi connectivity index (χ2n) is 10.2. The molecule has 3 nitrogen and oxygen atoms in total. The van der Waals surface area contributed by atoms with Gasteiger partial charge in [0.05, 0.1) is 6.61 Å². The molecule has 0 aliphatic heterocycles. The molecule has 31 heavy (non-hydrogen) atoms. The molecule has 174 valence electrons. The summed E-state index contributed by atoms with van der Waals surface area (Å²) in [4.78, 5) is 11.7. The molecule has 2 unspecified atom stereocenters. The third-order valence-corrected chi connectivity index (χ3v) is 7.59. The van der Waals surface area contributed by atoms with Gasteiger partial charge in [0.2, 0.25) is 0 Å². The first-order chi connectivity index (χ1) is 15.2. The van der Waals surface area contributed by atoms with Crippen LogP contribution in [0.3, 0.4) is 0 Å². The SMILES string of the molecule is CCOC(=O)CC1CCCC(c2ccc(CCC3CC3)cc2)C1.NCC1CCCCC1. The van der Waals surface area contributed by atoms with Crippen molar-refractivity contribution in [1.82, 2.24) is 0 Å². The third kappa shape index (κ3) is 8.96. The fourth-order valence-corrected chi connectivity index (χ4v) is 5.39. The lowest BCUT2D eigenvalue weighted by molar-refractivity contribution is -0.144. The highest BCUT2D eigenvalue weighted by Gasteiger charge is 2.25. The van der Waals surface area contributed by atoms with Crippen LogP contribution < -0.4 is 5.73 Å². The van der Waals surface area contributed by atoms with E-state index in [9.17, 15) is 4.79 Å². The number of rotatable bonds is 8. The van der Waals surface area contributed by atoms with Gasteiger partial charge < -0.3 is 10.5 Å². The quantitative estimate of drug-likeness (QED) is 0.465. The molecule has 0 spiro atoms. The first-order valence-corrected chi connectivity index (χ1v) is 13.1. The van der Waals surface area contributed by atoms with Gasteiger partial charge in [-0.1, -0.05) is 62.8 Å². The van der Waals surface area contributed by atoms with Crippen molar-refractivity contribution >= 4 is 5.97 Å². The van der Waals surface area contributed by atoms with Crippen molar-refractivity contribution < 1.29 is 9.53 Å². The standard InChI is InChI=1S/C21H30O2.C7H15N/c1-2-23-21(22)15-18-4-3-5-20(14-18)19-12-10-17(11-13-19)9-8-16-6-7-16;8-6-7-4-2-1-3-5-7/h10-13,16,18,20H,2-9,14-15H2,1H3;7H,1-6,8H2.